The van der Waals surface area contributed by atoms with Crippen molar-refractivity contribution in [2.45, 2.75) is 33.3 Å². The van der Waals surface area contributed by atoms with Crippen LogP contribution in [0.2, 0.25) is 0 Å². The van der Waals surface area contributed by atoms with Crippen LogP contribution in [0.3, 0.4) is 0 Å². The molecule has 0 radical (unpaired) electrons. The fourth-order valence-corrected chi connectivity index (χ4v) is 2.08. The van der Waals surface area contributed by atoms with Gasteiger partial charge in [-0.2, -0.15) is 0 Å². The summed E-state index contributed by atoms with van der Waals surface area (Å²) in [7, 11) is 0. The van der Waals surface area contributed by atoms with E-state index < -0.39 is 0 Å². The van der Waals surface area contributed by atoms with Gasteiger partial charge >= 0.3 is 0 Å². The van der Waals surface area contributed by atoms with Gasteiger partial charge in [-0.15, -0.1) is 0 Å². The number of hydrogen-bond donors (Lipinski definition) is 2. The summed E-state index contributed by atoms with van der Waals surface area (Å²) in [5.74, 6) is 0.440. The number of ether oxygens (including phenoxy) is 1. The van der Waals surface area contributed by atoms with E-state index in [0.29, 0.717) is 23.4 Å². The van der Waals surface area contributed by atoms with Crippen molar-refractivity contribution < 1.29 is 14.3 Å². The van der Waals surface area contributed by atoms with Gasteiger partial charge in [-0.05, 0) is 56.3 Å². The van der Waals surface area contributed by atoms with E-state index in [1.165, 1.54) is 0 Å². The summed E-state index contributed by atoms with van der Waals surface area (Å²) in [5, 5.41) is 5.58. The van der Waals surface area contributed by atoms with E-state index in [2.05, 4.69) is 10.6 Å². The van der Waals surface area contributed by atoms with Crippen molar-refractivity contribution >= 4 is 23.2 Å². The highest BCUT2D eigenvalue weighted by Crippen LogP contribution is 2.18. The summed E-state index contributed by atoms with van der Waals surface area (Å²) in [5.41, 5.74) is 1.81. The number of hydrogen-bond acceptors (Lipinski definition) is 3. The van der Waals surface area contributed by atoms with E-state index in [4.69, 9.17) is 4.74 Å². The number of benzene rings is 2. The molecule has 2 aromatic rings. The molecule has 0 aliphatic rings. The van der Waals surface area contributed by atoms with Gasteiger partial charge in [0.05, 0.1) is 6.10 Å². The van der Waals surface area contributed by atoms with Crippen molar-refractivity contribution in [2.24, 2.45) is 0 Å². The monoisotopic (exact) mass is 326 g/mol. The van der Waals surface area contributed by atoms with Crippen molar-refractivity contribution in [2.75, 3.05) is 10.6 Å². The van der Waals surface area contributed by atoms with Crippen molar-refractivity contribution in [3.63, 3.8) is 0 Å². The summed E-state index contributed by atoms with van der Waals surface area (Å²) in [6.07, 6.45) is 0.493. The Balaban J connectivity index is 2.03. The second-order valence-electron chi connectivity index (χ2n) is 5.63. The lowest BCUT2D eigenvalue weighted by atomic mass is 10.2. The average Bonchev–Trinajstić information content (AvgIpc) is 2.55. The maximum Gasteiger partial charge on any atom is 0.255 e. The van der Waals surface area contributed by atoms with Crippen LogP contribution in [0.1, 0.15) is 37.6 Å². The van der Waals surface area contributed by atoms with Crippen molar-refractivity contribution in [3.8, 4) is 5.75 Å². The first-order chi connectivity index (χ1) is 11.5. The molecule has 0 saturated heterocycles. The minimum absolute atomic E-state index is 0.0702. The number of anilines is 2. The molecule has 0 aromatic heterocycles. The van der Waals surface area contributed by atoms with Gasteiger partial charge in [0, 0.05) is 23.4 Å². The number of amides is 2. The molecule has 0 unspecified atom stereocenters. The highest BCUT2D eigenvalue weighted by molar-refractivity contribution is 6.04. The van der Waals surface area contributed by atoms with Gasteiger partial charge in [-0.25, -0.2) is 0 Å². The van der Waals surface area contributed by atoms with E-state index in [1.807, 2.05) is 13.8 Å². The molecule has 5 nitrogen and oxygen atoms in total. The highest BCUT2D eigenvalue weighted by Gasteiger charge is 2.08. The normalized spacial score (nSPS) is 10.3. The SMILES string of the molecule is CCC(=O)Nc1cccc(NC(=O)c2ccc(OC(C)C)cc2)c1. The van der Waals surface area contributed by atoms with Crippen LogP contribution in [0.15, 0.2) is 48.5 Å². The first-order valence-electron chi connectivity index (χ1n) is 7.96. The van der Waals surface area contributed by atoms with Gasteiger partial charge in [-0.3, -0.25) is 9.59 Å². The lowest BCUT2D eigenvalue weighted by molar-refractivity contribution is -0.115. The molecule has 5 heteroatoms. The zero-order valence-corrected chi connectivity index (χ0v) is 14.1. The molecule has 0 aliphatic carbocycles. The first kappa shape index (κ1) is 17.5. The second kappa shape index (κ2) is 8.15. The third kappa shape index (κ3) is 5.12. The molecular weight excluding hydrogens is 304 g/mol. The maximum atomic E-state index is 12.3. The molecule has 0 heterocycles. The molecule has 0 bridgehead atoms. The Bertz CT molecular complexity index is 709. The standard InChI is InChI=1S/C19H22N2O3/c1-4-18(22)20-15-6-5-7-16(12-15)21-19(23)14-8-10-17(11-9-14)24-13(2)3/h5-13H,4H2,1-3H3,(H,20,22)(H,21,23). The summed E-state index contributed by atoms with van der Waals surface area (Å²) in [6, 6.07) is 14.0. The van der Waals surface area contributed by atoms with E-state index in [9.17, 15) is 9.59 Å². The predicted octanol–water partition coefficient (Wildman–Crippen LogP) is 4.07. The number of carbonyl (C=O) groups is 2. The average molecular weight is 326 g/mol. The van der Waals surface area contributed by atoms with Crippen LogP contribution >= 0.6 is 0 Å². The summed E-state index contributed by atoms with van der Waals surface area (Å²) >= 11 is 0. The van der Waals surface area contributed by atoms with E-state index in [1.54, 1.807) is 55.5 Å². The minimum Gasteiger partial charge on any atom is -0.491 e. The fraction of sp³-hybridized carbons (Fsp3) is 0.263. The fourth-order valence-electron chi connectivity index (χ4n) is 2.08. The number of carbonyl (C=O) groups excluding carboxylic acids is 2. The lowest BCUT2D eigenvalue weighted by Gasteiger charge is -2.11. The van der Waals surface area contributed by atoms with Gasteiger partial charge < -0.3 is 15.4 Å². The predicted molar refractivity (Wildman–Crippen MR) is 95.5 cm³/mol. The lowest BCUT2D eigenvalue weighted by Crippen LogP contribution is -2.13. The molecule has 126 valence electrons. The topological polar surface area (TPSA) is 67.4 Å². The van der Waals surface area contributed by atoms with Crippen LogP contribution in [-0.4, -0.2) is 17.9 Å². The molecule has 2 amide bonds. The number of rotatable bonds is 6. The molecule has 0 atom stereocenters. The summed E-state index contributed by atoms with van der Waals surface area (Å²) in [4.78, 5) is 23.7. The van der Waals surface area contributed by atoms with Crippen molar-refractivity contribution in [1.82, 2.24) is 0 Å². The minimum atomic E-state index is -0.218. The van der Waals surface area contributed by atoms with Crippen LogP contribution in [0, 0.1) is 0 Å². The second-order valence-corrected chi connectivity index (χ2v) is 5.63. The largest absolute Gasteiger partial charge is 0.491 e. The zero-order valence-electron chi connectivity index (χ0n) is 14.1. The molecule has 0 spiro atoms. The van der Waals surface area contributed by atoms with Crippen LogP contribution < -0.4 is 15.4 Å². The van der Waals surface area contributed by atoms with Crippen molar-refractivity contribution in [3.05, 3.63) is 54.1 Å². The van der Waals surface area contributed by atoms with Gasteiger partial charge in [0.25, 0.3) is 5.91 Å². The molecule has 0 fully saturated rings. The van der Waals surface area contributed by atoms with Crippen LogP contribution in [0.25, 0.3) is 0 Å². The Morgan fingerprint density at radius 1 is 1.00 bits per heavy atom. The molecule has 0 saturated carbocycles. The third-order valence-corrected chi connectivity index (χ3v) is 3.21. The molecule has 2 N–H and O–H groups in total. The number of nitrogens with one attached hydrogen (secondary N) is 2. The Morgan fingerprint density at radius 2 is 1.62 bits per heavy atom. The highest BCUT2D eigenvalue weighted by atomic mass is 16.5. The molecular formula is C19H22N2O3. The Hall–Kier alpha value is -2.82. The van der Waals surface area contributed by atoms with E-state index in [0.717, 1.165) is 5.75 Å². The molecule has 24 heavy (non-hydrogen) atoms. The van der Waals surface area contributed by atoms with Gasteiger partial charge in [0.2, 0.25) is 5.91 Å². The van der Waals surface area contributed by atoms with Gasteiger partial charge in [-0.1, -0.05) is 13.0 Å². The van der Waals surface area contributed by atoms with Gasteiger partial charge in [0.15, 0.2) is 0 Å². The molecule has 2 aromatic carbocycles. The smallest absolute Gasteiger partial charge is 0.255 e. The summed E-state index contributed by atoms with van der Waals surface area (Å²) in [6.45, 7) is 5.68. The van der Waals surface area contributed by atoms with E-state index in [-0.39, 0.29) is 17.9 Å². The molecule has 2 rings (SSSR count). The van der Waals surface area contributed by atoms with Crippen LogP contribution in [0.5, 0.6) is 5.75 Å². The Labute approximate surface area is 142 Å². The van der Waals surface area contributed by atoms with Crippen LogP contribution in [-0.2, 0) is 4.79 Å². The third-order valence-electron chi connectivity index (χ3n) is 3.21. The Morgan fingerprint density at radius 3 is 2.21 bits per heavy atom. The maximum absolute atomic E-state index is 12.3. The first-order valence-corrected chi connectivity index (χ1v) is 7.96. The molecule has 0 aliphatic heterocycles. The quantitative estimate of drug-likeness (QED) is 0.840. The van der Waals surface area contributed by atoms with Gasteiger partial charge in [0.1, 0.15) is 5.75 Å². The van der Waals surface area contributed by atoms with E-state index >= 15 is 0 Å². The zero-order chi connectivity index (χ0) is 17.5. The summed E-state index contributed by atoms with van der Waals surface area (Å²) < 4.78 is 5.56. The Kier molecular flexibility index (Phi) is 5.95. The van der Waals surface area contributed by atoms with Crippen molar-refractivity contribution in [1.29, 1.82) is 0 Å². The van der Waals surface area contributed by atoms with Crippen LogP contribution in [0.4, 0.5) is 11.4 Å².